The molecule has 4 rings (SSSR count). The molecule has 1 aliphatic heterocycles. The van der Waals surface area contributed by atoms with Crippen LogP contribution in [0.15, 0.2) is 48.5 Å². The van der Waals surface area contributed by atoms with E-state index in [1.165, 1.54) is 18.1 Å². The van der Waals surface area contributed by atoms with Crippen LogP contribution in [0.4, 0.5) is 4.39 Å². The SMILES string of the molecule is COc1cccc(C(CCN2CCN(Cc3cccc(F)c3)CC2)C2(O)CCCCC2)c1. The molecule has 1 atom stereocenters. The Morgan fingerprint density at radius 2 is 1.69 bits per heavy atom. The number of benzene rings is 2. The maximum Gasteiger partial charge on any atom is 0.123 e. The van der Waals surface area contributed by atoms with E-state index >= 15 is 0 Å². The van der Waals surface area contributed by atoms with Gasteiger partial charge < -0.3 is 14.7 Å². The molecule has 0 aromatic heterocycles. The van der Waals surface area contributed by atoms with Gasteiger partial charge in [0.15, 0.2) is 0 Å². The maximum atomic E-state index is 13.5. The smallest absolute Gasteiger partial charge is 0.123 e. The predicted octanol–water partition coefficient (Wildman–Crippen LogP) is 4.82. The van der Waals surface area contributed by atoms with Crippen molar-refractivity contribution in [2.24, 2.45) is 0 Å². The monoisotopic (exact) mass is 440 g/mol. The van der Waals surface area contributed by atoms with Crippen molar-refractivity contribution >= 4 is 0 Å². The number of ether oxygens (including phenoxy) is 1. The molecule has 2 aromatic rings. The highest BCUT2D eigenvalue weighted by atomic mass is 19.1. The predicted molar refractivity (Wildman–Crippen MR) is 127 cm³/mol. The Hall–Kier alpha value is -1.95. The lowest BCUT2D eigenvalue weighted by atomic mass is 9.71. The number of nitrogens with zero attached hydrogens (tertiary/aromatic N) is 2. The van der Waals surface area contributed by atoms with Gasteiger partial charge in [-0.05, 0) is 61.2 Å². The van der Waals surface area contributed by atoms with Crippen molar-refractivity contribution < 1.29 is 14.2 Å². The molecular weight excluding hydrogens is 403 g/mol. The van der Waals surface area contributed by atoms with Gasteiger partial charge in [-0.2, -0.15) is 0 Å². The Balaban J connectivity index is 1.36. The second-order valence-corrected chi connectivity index (χ2v) is 9.53. The Morgan fingerprint density at radius 3 is 2.41 bits per heavy atom. The summed E-state index contributed by atoms with van der Waals surface area (Å²) in [6.07, 6.45) is 6.16. The molecule has 0 amide bonds. The minimum atomic E-state index is -0.621. The van der Waals surface area contributed by atoms with E-state index in [9.17, 15) is 9.50 Å². The summed E-state index contributed by atoms with van der Waals surface area (Å²) in [6.45, 7) is 5.79. The molecular formula is C27H37FN2O2. The fraction of sp³-hybridized carbons (Fsp3) is 0.556. The third-order valence-corrected chi connectivity index (χ3v) is 7.36. The van der Waals surface area contributed by atoms with Gasteiger partial charge in [0, 0.05) is 38.6 Å². The molecule has 1 aliphatic carbocycles. The van der Waals surface area contributed by atoms with Gasteiger partial charge in [-0.3, -0.25) is 4.90 Å². The van der Waals surface area contributed by atoms with Gasteiger partial charge in [0.05, 0.1) is 12.7 Å². The standard InChI is InChI=1S/C27H37FN2O2/c1-32-25-10-6-8-23(20-25)26(27(31)12-3-2-4-13-27)11-14-29-15-17-30(18-16-29)21-22-7-5-9-24(28)19-22/h5-10,19-20,26,31H,2-4,11-18,21H2,1H3. The number of hydrogen-bond donors (Lipinski definition) is 1. The van der Waals surface area contributed by atoms with Gasteiger partial charge in [-0.1, -0.05) is 43.5 Å². The number of aliphatic hydroxyl groups is 1. The zero-order valence-electron chi connectivity index (χ0n) is 19.3. The van der Waals surface area contributed by atoms with Gasteiger partial charge in [-0.15, -0.1) is 0 Å². The van der Waals surface area contributed by atoms with Crippen molar-refractivity contribution in [1.82, 2.24) is 9.80 Å². The zero-order chi connectivity index (χ0) is 22.4. The lowest BCUT2D eigenvalue weighted by Gasteiger charge is -2.41. The molecule has 1 saturated heterocycles. The number of hydrogen-bond acceptors (Lipinski definition) is 4. The van der Waals surface area contributed by atoms with Crippen LogP contribution in [0.1, 0.15) is 55.6 Å². The third-order valence-electron chi connectivity index (χ3n) is 7.36. The van der Waals surface area contributed by atoms with E-state index in [-0.39, 0.29) is 11.7 Å². The van der Waals surface area contributed by atoms with E-state index in [4.69, 9.17) is 4.74 Å². The average Bonchev–Trinajstić information content (AvgIpc) is 2.81. The van der Waals surface area contributed by atoms with Crippen molar-refractivity contribution in [1.29, 1.82) is 0 Å². The van der Waals surface area contributed by atoms with Crippen LogP contribution < -0.4 is 4.74 Å². The highest BCUT2D eigenvalue weighted by molar-refractivity contribution is 5.32. The molecule has 2 aromatic carbocycles. The Morgan fingerprint density at radius 1 is 0.969 bits per heavy atom. The van der Waals surface area contributed by atoms with Gasteiger partial charge >= 0.3 is 0 Å². The van der Waals surface area contributed by atoms with E-state index in [1.807, 2.05) is 18.2 Å². The average molecular weight is 441 g/mol. The highest BCUT2D eigenvalue weighted by Gasteiger charge is 2.38. The molecule has 1 unspecified atom stereocenters. The summed E-state index contributed by atoms with van der Waals surface area (Å²) in [5.41, 5.74) is 1.61. The molecule has 1 N–H and O–H groups in total. The van der Waals surface area contributed by atoms with Crippen molar-refractivity contribution in [2.45, 2.75) is 56.6 Å². The molecule has 1 saturated carbocycles. The van der Waals surface area contributed by atoms with Crippen molar-refractivity contribution in [3.05, 3.63) is 65.5 Å². The van der Waals surface area contributed by atoms with Crippen LogP contribution in [0.2, 0.25) is 0 Å². The van der Waals surface area contributed by atoms with E-state index < -0.39 is 5.60 Å². The summed E-state index contributed by atoms with van der Waals surface area (Å²) in [4.78, 5) is 4.92. The Labute approximate surface area is 192 Å². The van der Waals surface area contributed by atoms with E-state index in [2.05, 4.69) is 21.9 Å². The Bertz CT molecular complexity index is 860. The molecule has 174 valence electrons. The van der Waals surface area contributed by atoms with Gasteiger partial charge in [-0.25, -0.2) is 4.39 Å². The first-order valence-corrected chi connectivity index (χ1v) is 12.1. The first-order valence-electron chi connectivity index (χ1n) is 12.1. The summed E-state index contributed by atoms with van der Waals surface area (Å²) in [5.74, 6) is 0.825. The van der Waals surface area contributed by atoms with E-state index in [1.54, 1.807) is 19.2 Å². The van der Waals surface area contributed by atoms with Crippen molar-refractivity contribution in [3.63, 3.8) is 0 Å². The van der Waals surface area contributed by atoms with Gasteiger partial charge in [0.1, 0.15) is 11.6 Å². The lowest BCUT2D eigenvalue weighted by molar-refractivity contribution is -0.0273. The minimum Gasteiger partial charge on any atom is -0.497 e. The van der Waals surface area contributed by atoms with E-state index in [0.717, 1.165) is 82.7 Å². The fourth-order valence-electron chi connectivity index (χ4n) is 5.49. The molecule has 4 nitrogen and oxygen atoms in total. The first-order chi connectivity index (χ1) is 15.6. The van der Waals surface area contributed by atoms with Crippen LogP contribution in [0.5, 0.6) is 5.75 Å². The molecule has 0 spiro atoms. The highest BCUT2D eigenvalue weighted by Crippen LogP contribution is 2.42. The van der Waals surface area contributed by atoms with Gasteiger partial charge in [0.2, 0.25) is 0 Å². The second kappa shape index (κ2) is 10.8. The summed E-state index contributed by atoms with van der Waals surface area (Å²) >= 11 is 0. The molecule has 32 heavy (non-hydrogen) atoms. The molecule has 5 heteroatoms. The van der Waals surface area contributed by atoms with Crippen LogP contribution in [-0.4, -0.2) is 60.3 Å². The summed E-state index contributed by atoms with van der Waals surface area (Å²) in [5, 5.41) is 11.6. The molecule has 0 bridgehead atoms. The normalized spacial score (nSPS) is 20.7. The largest absolute Gasteiger partial charge is 0.497 e. The summed E-state index contributed by atoms with van der Waals surface area (Å²) in [6, 6.07) is 15.2. The molecule has 0 radical (unpaired) electrons. The van der Waals surface area contributed by atoms with E-state index in [0.29, 0.717) is 0 Å². The van der Waals surface area contributed by atoms with Crippen LogP contribution in [0, 0.1) is 5.82 Å². The van der Waals surface area contributed by atoms with Gasteiger partial charge in [0.25, 0.3) is 0 Å². The first kappa shape index (κ1) is 23.2. The zero-order valence-corrected chi connectivity index (χ0v) is 19.3. The Kier molecular flexibility index (Phi) is 7.82. The van der Waals surface area contributed by atoms with Crippen molar-refractivity contribution in [2.75, 3.05) is 39.8 Å². The lowest BCUT2D eigenvalue weighted by Crippen LogP contribution is -2.47. The fourth-order valence-corrected chi connectivity index (χ4v) is 5.49. The van der Waals surface area contributed by atoms with Crippen LogP contribution in [0.25, 0.3) is 0 Å². The third kappa shape index (κ3) is 5.89. The molecule has 2 fully saturated rings. The summed E-state index contributed by atoms with van der Waals surface area (Å²) < 4.78 is 18.9. The number of methoxy groups -OCH3 is 1. The van der Waals surface area contributed by atoms with Crippen LogP contribution in [-0.2, 0) is 6.54 Å². The number of halogens is 1. The quantitative estimate of drug-likeness (QED) is 0.638. The number of piperazine rings is 1. The summed E-state index contributed by atoms with van der Waals surface area (Å²) in [7, 11) is 1.70. The van der Waals surface area contributed by atoms with Crippen molar-refractivity contribution in [3.8, 4) is 5.75 Å². The minimum absolute atomic E-state index is 0.128. The number of rotatable bonds is 8. The second-order valence-electron chi connectivity index (χ2n) is 9.53. The van der Waals surface area contributed by atoms with Crippen LogP contribution >= 0.6 is 0 Å². The topological polar surface area (TPSA) is 35.9 Å². The molecule has 1 heterocycles. The maximum absolute atomic E-state index is 13.5. The molecule has 2 aliphatic rings. The van der Waals surface area contributed by atoms with Crippen LogP contribution in [0.3, 0.4) is 0 Å².